The molecule has 0 unspecified atom stereocenters. The minimum atomic E-state index is 0.00973. The topological polar surface area (TPSA) is 42.0 Å². The zero-order chi connectivity index (χ0) is 15.2. The summed E-state index contributed by atoms with van der Waals surface area (Å²) in [5.41, 5.74) is 0.925. The van der Waals surface area contributed by atoms with Crippen LogP contribution in [-0.2, 0) is 4.79 Å². The Hall–Kier alpha value is -1.63. The lowest BCUT2D eigenvalue weighted by Gasteiger charge is -2.02. The van der Waals surface area contributed by atoms with Gasteiger partial charge in [-0.25, -0.2) is 4.98 Å². The Morgan fingerprint density at radius 3 is 2.77 bits per heavy atom. The molecule has 0 atom stereocenters. The molecule has 1 N–H and O–H groups in total. The van der Waals surface area contributed by atoms with Crippen molar-refractivity contribution in [2.45, 2.75) is 11.3 Å². The van der Waals surface area contributed by atoms with Gasteiger partial charge in [-0.3, -0.25) is 4.79 Å². The second-order valence-electron chi connectivity index (χ2n) is 4.47. The molecule has 1 amide bonds. The molecule has 0 fully saturated rings. The van der Waals surface area contributed by atoms with Crippen LogP contribution in [0.15, 0.2) is 58.1 Å². The monoisotopic (exact) mass is 346 g/mol. The molecule has 3 nitrogen and oxygen atoms in total. The van der Waals surface area contributed by atoms with E-state index in [1.165, 1.54) is 16.2 Å². The molecular formula is C16H14N2OS3. The standard InChI is InChI=1S/C16H14N2OS3/c19-15(8-10-20-12-5-2-1-3-6-12)18-16-17-13(11-22-16)14-7-4-9-21-14/h1-7,9,11H,8,10H2,(H,17,18,19). The van der Waals surface area contributed by atoms with Crippen LogP contribution in [0.3, 0.4) is 0 Å². The number of thioether (sulfide) groups is 1. The van der Waals surface area contributed by atoms with Crippen LogP contribution in [0.25, 0.3) is 10.6 Å². The molecule has 2 heterocycles. The van der Waals surface area contributed by atoms with Crippen LogP contribution in [0, 0.1) is 0 Å². The Balaban J connectivity index is 1.48. The van der Waals surface area contributed by atoms with Crippen molar-refractivity contribution in [3.05, 3.63) is 53.2 Å². The number of hydrogen-bond donors (Lipinski definition) is 1. The summed E-state index contributed by atoms with van der Waals surface area (Å²) in [5, 5.41) is 7.53. The van der Waals surface area contributed by atoms with Crippen molar-refractivity contribution >= 4 is 45.5 Å². The zero-order valence-electron chi connectivity index (χ0n) is 11.7. The molecule has 3 rings (SSSR count). The highest BCUT2D eigenvalue weighted by Crippen LogP contribution is 2.28. The molecule has 0 spiro atoms. The summed E-state index contributed by atoms with van der Waals surface area (Å²) >= 11 is 4.80. The lowest BCUT2D eigenvalue weighted by molar-refractivity contribution is -0.115. The third-order valence-corrected chi connectivity index (χ3v) is 5.53. The predicted molar refractivity (Wildman–Crippen MR) is 95.8 cm³/mol. The molecular weight excluding hydrogens is 332 g/mol. The Kier molecular flexibility index (Phi) is 5.26. The first-order valence-corrected chi connectivity index (χ1v) is 9.53. The van der Waals surface area contributed by atoms with Gasteiger partial charge in [-0.1, -0.05) is 24.3 Å². The maximum Gasteiger partial charge on any atom is 0.226 e. The first-order valence-electron chi connectivity index (χ1n) is 6.78. The van der Waals surface area contributed by atoms with Crippen LogP contribution in [0.4, 0.5) is 5.13 Å². The van der Waals surface area contributed by atoms with Crippen molar-refractivity contribution in [1.82, 2.24) is 4.98 Å². The third-order valence-electron chi connectivity index (χ3n) is 2.87. The maximum absolute atomic E-state index is 11.9. The van der Waals surface area contributed by atoms with Crippen LogP contribution in [0.5, 0.6) is 0 Å². The van der Waals surface area contributed by atoms with E-state index in [1.807, 2.05) is 41.1 Å². The van der Waals surface area contributed by atoms with Gasteiger partial charge >= 0.3 is 0 Å². The summed E-state index contributed by atoms with van der Waals surface area (Å²) in [6.07, 6.45) is 0.480. The van der Waals surface area contributed by atoms with E-state index in [0.29, 0.717) is 11.6 Å². The number of carbonyl (C=O) groups is 1. The average Bonchev–Trinajstić information content (AvgIpc) is 3.19. The quantitative estimate of drug-likeness (QED) is 0.639. The predicted octanol–water partition coefficient (Wildman–Crippen LogP) is 4.99. The number of rotatable bonds is 6. The minimum Gasteiger partial charge on any atom is -0.302 e. The van der Waals surface area contributed by atoms with Gasteiger partial charge < -0.3 is 5.32 Å². The molecule has 2 aromatic heterocycles. The van der Waals surface area contributed by atoms with E-state index in [-0.39, 0.29) is 5.91 Å². The molecule has 112 valence electrons. The summed E-state index contributed by atoms with van der Waals surface area (Å²) in [6.45, 7) is 0. The molecule has 22 heavy (non-hydrogen) atoms. The number of thiazole rings is 1. The fourth-order valence-electron chi connectivity index (χ4n) is 1.83. The van der Waals surface area contributed by atoms with Gasteiger partial charge in [0.05, 0.1) is 10.6 Å². The van der Waals surface area contributed by atoms with Crippen LogP contribution >= 0.6 is 34.4 Å². The van der Waals surface area contributed by atoms with Gasteiger partial charge in [-0.2, -0.15) is 0 Å². The third kappa shape index (κ3) is 4.19. The number of hydrogen-bond acceptors (Lipinski definition) is 5. The molecule has 0 saturated heterocycles. The molecule has 3 aromatic rings. The summed E-state index contributed by atoms with van der Waals surface area (Å²) < 4.78 is 0. The number of nitrogens with one attached hydrogen (secondary N) is 1. The Labute approximate surface area is 141 Å². The number of benzene rings is 1. The highest BCUT2D eigenvalue weighted by Gasteiger charge is 2.08. The molecule has 1 aromatic carbocycles. The average molecular weight is 347 g/mol. The molecule has 0 bridgehead atoms. The van der Waals surface area contributed by atoms with E-state index in [9.17, 15) is 4.79 Å². The van der Waals surface area contributed by atoms with Crippen molar-refractivity contribution < 1.29 is 4.79 Å². The lowest BCUT2D eigenvalue weighted by atomic mass is 10.4. The van der Waals surface area contributed by atoms with Crippen molar-refractivity contribution in [2.24, 2.45) is 0 Å². The zero-order valence-corrected chi connectivity index (χ0v) is 14.1. The van der Waals surface area contributed by atoms with Crippen LogP contribution in [-0.4, -0.2) is 16.6 Å². The fourth-order valence-corrected chi connectivity index (χ4v) is 4.19. The second-order valence-corrected chi connectivity index (χ2v) is 7.45. The van der Waals surface area contributed by atoms with Crippen molar-refractivity contribution in [1.29, 1.82) is 0 Å². The smallest absolute Gasteiger partial charge is 0.226 e. The Morgan fingerprint density at radius 1 is 1.14 bits per heavy atom. The van der Waals surface area contributed by atoms with Gasteiger partial charge in [0.25, 0.3) is 0 Å². The number of aromatic nitrogens is 1. The van der Waals surface area contributed by atoms with E-state index < -0.39 is 0 Å². The summed E-state index contributed by atoms with van der Waals surface area (Å²) in [6, 6.07) is 14.1. The van der Waals surface area contributed by atoms with Crippen LogP contribution < -0.4 is 5.32 Å². The van der Waals surface area contributed by atoms with E-state index in [2.05, 4.69) is 22.4 Å². The molecule has 0 aliphatic heterocycles. The lowest BCUT2D eigenvalue weighted by Crippen LogP contribution is -2.11. The first kappa shape index (κ1) is 15.3. The highest BCUT2D eigenvalue weighted by atomic mass is 32.2. The van der Waals surface area contributed by atoms with Gasteiger partial charge in [-0.05, 0) is 23.6 Å². The van der Waals surface area contributed by atoms with Gasteiger partial charge in [0, 0.05) is 22.4 Å². The van der Waals surface area contributed by atoms with Crippen LogP contribution in [0.2, 0.25) is 0 Å². The largest absolute Gasteiger partial charge is 0.302 e. The highest BCUT2D eigenvalue weighted by molar-refractivity contribution is 7.99. The fraction of sp³-hybridized carbons (Fsp3) is 0.125. The molecule has 0 aliphatic rings. The summed E-state index contributed by atoms with van der Waals surface area (Å²) in [4.78, 5) is 18.7. The number of thiophene rings is 1. The molecule has 6 heteroatoms. The van der Waals surface area contributed by atoms with Gasteiger partial charge in [0.15, 0.2) is 5.13 Å². The Morgan fingerprint density at radius 2 is 2.00 bits per heavy atom. The van der Waals surface area contributed by atoms with Crippen molar-refractivity contribution in [2.75, 3.05) is 11.1 Å². The van der Waals surface area contributed by atoms with E-state index in [1.54, 1.807) is 23.1 Å². The second kappa shape index (κ2) is 7.58. The number of anilines is 1. The van der Waals surface area contributed by atoms with Gasteiger partial charge in [0.2, 0.25) is 5.91 Å². The normalized spacial score (nSPS) is 10.5. The van der Waals surface area contributed by atoms with E-state index in [0.717, 1.165) is 16.3 Å². The minimum absolute atomic E-state index is 0.00973. The molecule has 0 radical (unpaired) electrons. The molecule has 0 aliphatic carbocycles. The van der Waals surface area contributed by atoms with E-state index in [4.69, 9.17) is 0 Å². The summed E-state index contributed by atoms with van der Waals surface area (Å²) in [5.74, 6) is 0.773. The first-order chi connectivity index (χ1) is 10.8. The van der Waals surface area contributed by atoms with Crippen molar-refractivity contribution in [3.8, 4) is 10.6 Å². The summed E-state index contributed by atoms with van der Waals surface area (Å²) in [7, 11) is 0. The number of amides is 1. The Bertz CT molecular complexity index is 723. The van der Waals surface area contributed by atoms with Gasteiger partial charge in [0.1, 0.15) is 0 Å². The number of carbonyl (C=O) groups excluding carboxylic acids is 1. The van der Waals surface area contributed by atoms with E-state index >= 15 is 0 Å². The number of nitrogens with zero attached hydrogens (tertiary/aromatic N) is 1. The SMILES string of the molecule is O=C(CCSc1ccccc1)Nc1nc(-c2cccs2)cs1. The maximum atomic E-state index is 11.9. The van der Waals surface area contributed by atoms with Crippen molar-refractivity contribution in [3.63, 3.8) is 0 Å². The molecule has 0 saturated carbocycles. The van der Waals surface area contributed by atoms with Crippen LogP contribution in [0.1, 0.15) is 6.42 Å². The van der Waals surface area contributed by atoms with Gasteiger partial charge in [-0.15, -0.1) is 34.4 Å².